The summed E-state index contributed by atoms with van der Waals surface area (Å²) in [7, 11) is 0. The van der Waals surface area contributed by atoms with E-state index in [4.69, 9.17) is 10.8 Å². The topological polar surface area (TPSA) is 46.2 Å². The Morgan fingerprint density at radius 3 is 2.21 bits per heavy atom. The molecule has 0 spiro atoms. The summed E-state index contributed by atoms with van der Waals surface area (Å²) in [5, 5.41) is 8.86. The standard InChI is InChI=1S/C9H16F3NO/c10-9(11,12)8(14)7(13)5-6-3-1-2-4-6/h6-8,14H,1-5,13H2. The predicted octanol–water partition coefficient (Wildman–Crippen LogP) is 1.82. The van der Waals surface area contributed by atoms with Crippen molar-refractivity contribution in [3.05, 3.63) is 0 Å². The van der Waals surface area contributed by atoms with Crippen molar-refractivity contribution in [2.75, 3.05) is 0 Å². The molecule has 0 aromatic heterocycles. The zero-order valence-corrected chi connectivity index (χ0v) is 7.93. The second kappa shape index (κ2) is 4.49. The number of hydrogen-bond donors (Lipinski definition) is 2. The van der Waals surface area contributed by atoms with E-state index in [9.17, 15) is 13.2 Å². The van der Waals surface area contributed by atoms with Crippen LogP contribution in [0.25, 0.3) is 0 Å². The number of aliphatic hydroxyl groups excluding tert-OH is 1. The van der Waals surface area contributed by atoms with Crippen LogP contribution >= 0.6 is 0 Å². The van der Waals surface area contributed by atoms with E-state index in [1.165, 1.54) is 0 Å². The van der Waals surface area contributed by atoms with Gasteiger partial charge in [-0.3, -0.25) is 0 Å². The third-order valence-corrected chi connectivity index (χ3v) is 2.82. The van der Waals surface area contributed by atoms with Gasteiger partial charge in [0, 0.05) is 6.04 Å². The number of alkyl halides is 3. The van der Waals surface area contributed by atoms with Gasteiger partial charge >= 0.3 is 6.18 Å². The Balaban J connectivity index is 2.36. The second-order valence-corrected chi connectivity index (χ2v) is 4.04. The van der Waals surface area contributed by atoms with Crippen molar-refractivity contribution in [1.82, 2.24) is 0 Å². The Bertz CT molecular complexity index is 177. The van der Waals surface area contributed by atoms with Gasteiger partial charge in [0.25, 0.3) is 0 Å². The lowest BCUT2D eigenvalue weighted by molar-refractivity contribution is -0.210. The fourth-order valence-corrected chi connectivity index (χ4v) is 2.00. The Kier molecular flexibility index (Phi) is 3.78. The molecule has 84 valence electrons. The monoisotopic (exact) mass is 211 g/mol. The molecule has 1 fully saturated rings. The summed E-state index contributed by atoms with van der Waals surface area (Å²) in [6, 6.07) is -1.17. The molecule has 3 N–H and O–H groups in total. The molecule has 0 radical (unpaired) electrons. The van der Waals surface area contributed by atoms with E-state index in [0.29, 0.717) is 0 Å². The van der Waals surface area contributed by atoms with Gasteiger partial charge in [-0.25, -0.2) is 0 Å². The van der Waals surface area contributed by atoms with Crippen LogP contribution in [-0.4, -0.2) is 23.4 Å². The summed E-state index contributed by atoms with van der Waals surface area (Å²) in [4.78, 5) is 0. The zero-order chi connectivity index (χ0) is 10.8. The Morgan fingerprint density at radius 1 is 1.29 bits per heavy atom. The average molecular weight is 211 g/mol. The minimum absolute atomic E-state index is 0.266. The van der Waals surface area contributed by atoms with Gasteiger partial charge < -0.3 is 10.8 Å². The molecule has 1 rings (SSSR count). The van der Waals surface area contributed by atoms with Gasteiger partial charge in [-0.1, -0.05) is 25.7 Å². The number of hydrogen-bond acceptors (Lipinski definition) is 2. The molecular formula is C9H16F3NO. The van der Waals surface area contributed by atoms with Crippen LogP contribution in [0.4, 0.5) is 13.2 Å². The molecule has 1 aliphatic rings. The first-order valence-electron chi connectivity index (χ1n) is 4.91. The van der Waals surface area contributed by atoms with Crippen molar-refractivity contribution < 1.29 is 18.3 Å². The first-order chi connectivity index (χ1) is 6.41. The smallest absolute Gasteiger partial charge is 0.382 e. The highest BCUT2D eigenvalue weighted by Gasteiger charge is 2.42. The van der Waals surface area contributed by atoms with E-state index in [2.05, 4.69) is 0 Å². The van der Waals surface area contributed by atoms with Crippen molar-refractivity contribution in [3.63, 3.8) is 0 Å². The Labute approximate surface area is 81.3 Å². The van der Waals surface area contributed by atoms with Crippen LogP contribution in [0.2, 0.25) is 0 Å². The van der Waals surface area contributed by atoms with Crippen LogP contribution in [0, 0.1) is 5.92 Å². The quantitative estimate of drug-likeness (QED) is 0.748. The number of rotatable bonds is 3. The van der Waals surface area contributed by atoms with Crippen molar-refractivity contribution in [2.24, 2.45) is 11.7 Å². The lowest BCUT2D eigenvalue weighted by Gasteiger charge is -2.23. The van der Waals surface area contributed by atoms with Gasteiger partial charge in [0.05, 0.1) is 0 Å². The minimum Gasteiger partial charge on any atom is -0.382 e. The maximum atomic E-state index is 12.0. The summed E-state index contributed by atoms with van der Waals surface area (Å²) < 4.78 is 36.1. The van der Waals surface area contributed by atoms with Gasteiger partial charge in [0.1, 0.15) is 0 Å². The maximum Gasteiger partial charge on any atom is 0.415 e. The molecule has 2 nitrogen and oxygen atoms in total. The highest BCUT2D eigenvalue weighted by Crippen LogP contribution is 2.31. The molecule has 2 atom stereocenters. The largest absolute Gasteiger partial charge is 0.415 e. The fourth-order valence-electron chi connectivity index (χ4n) is 2.00. The summed E-state index contributed by atoms with van der Waals surface area (Å²) in [5.41, 5.74) is 5.31. The van der Waals surface area contributed by atoms with Crippen LogP contribution in [0.15, 0.2) is 0 Å². The van der Waals surface area contributed by atoms with Crippen molar-refractivity contribution >= 4 is 0 Å². The third kappa shape index (κ3) is 3.13. The summed E-state index contributed by atoms with van der Waals surface area (Å²) in [5.74, 6) is 0.266. The molecule has 0 saturated heterocycles. The maximum absolute atomic E-state index is 12.0. The summed E-state index contributed by atoms with van der Waals surface area (Å²) >= 11 is 0. The van der Waals surface area contributed by atoms with Gasteiger partial charge in [-0.05, 0) is 12.3 Å². The van der Waals surface area contributed by atoms with Crippen LogP contribution in [0.5, 0.6) is 0 Å². The van der Waals surface area contributed by atoms with Gasteiger partial charge in [0.2, 0.25) is 0 Å². The molecule has 1 aliphatic carbocycles. The SMILES string of the molecule is NC(CC1CCCC1)C(O)C(F)(F)F. The highest BCUT2D eigenvalue weighted by atomic mass is 19.4. The van der Waals surface area contributed by atoms with Crippen LogP contribution in [0.3, 0.4) is 0 Å². The van der Waals surface area contributed by atoms with Crippen molar-refractivity contribution in [2.45, 2.75) is 50.4 Å². The lowest BCUT2D eigenvalue weighted by atomic mass is 9.95. The van der Waals surface area contributed by atoms with Crippen molar-refractivity contribution in [3.8, 4) is 0 Å². The molecule has 0 heterocycles. The molecule has 0 aliphatic heterocycles. The second-order valence-electron chi connectivity index (χ2n) is 4.04. The summed E-state index contributed by atoms with van der Waals surface area (Å²) in [6.07, 6.45) is -2.66. The first-order valence-corrected chi connectivity index (χ1v) is 4.91. The minimum atomic E-state index is -4.59. The lowest BCUT2D eigenvalue weighted by Crippen LogP contribution is -2.45. The number of aliphatic hydroxyl groups is 1. The first kappa shape index (κ1) is 11.8. The molecule has 2 unspecified atom stereocenters. The molecule has 0 aromatic carbocycles. The Hall–Kier alpha value is -0.290. The van der Waals surface area contributed by atoms with Gasteiger partial charge in [-0.15, -0.1) is 0 Å². The van der Waals surface area contributed by atoms with Crippen molar-refractivity contribution in [1.29, 1.82) is 0 Å². The van der Waals surface area contributed by atoms with E-state index < -0.39 is 18.3 Å². The molecule has 0 bridgehead atoms. The van der Waals surface area contributed by atoms with Crippen LogP contribution in [0.1, 0.15) is 32.1 Å². The van der Waals surface area contributed by atoms with E-state index in [-0.39, 0.29) is 12.3 Å². The van der Waals surface area contributed by atoms with Gasteiger partial charge in [-0.2, -0.15) is 13.2 Å². The number of nitrogens with two attached hydrogens (primary N) is 1. The molecule has 5 heteroatoms. The van der Waals surface area contributed by atoms with E-state index >= 15 is 0 Å². The van der Waals surface area contributed by atoms with Gasteiger partial charge in [0.15, 0.2) is 6.10 Å². The molecule has 0 aromatic rings. The fraction of sp³-hybridized carbons (Fsp3) is 1.00. The Morgan fingerprint density at radius 2 is 1.79 bits per heavy atom. The molecule has 14 heavy (non-hydrogen) atoms. The number of halogens is 3. The zero-order valence-electron chi connectivity index (χ0n) is 7.93. The van der Waals surface area contributed by atoms with E-state index in [1.54, 1.807) is 0 Å². The summed E-state index contributed by atoms with van der Waals surface area (Å²) in [6.45, 7) is 0. The van der Waals surface area contributed by atoms with E-state index in [0.717, 1.165) is 25.7 Å². The average Bonchev–Trinajstić information content (AvgIpc) is 2.53. The normalized spacial score (nSPS) is 23.8. The van der Waals surface area contributed by atoms with Crippen LogP contribution in [-0.2, 0) is 0 Å². The predicted molar refractivity (Wildman–Crippen MR) is 46.6 cm³/mol. The molecular weight excluding hydrogens is 195 g/mol. The highest BCUT2D eigenvalue weighted by molar-refractivity contribution is 4.82. The third-order valence-electron chi connectivity index (χ3n) is 2.82. The van der Waals surface area contributed by atoms with Crippen LogP contribution < -0.4 is 5.73 Å². The molecule has 0 amide bonds. The molecule has 1 saturated carbocycles. The van der Waals surface area contributed by atoms with E-state index in [1.807, 2.05) is 0 Å².